The van der Waals surface area contributed by atoms with Crippen LogP contribution in [-0.4, -0.2) is 51.5 Å². The van der Waals surface area contributed by atoms with Gasteiger partial charge in [0.25, 0.3) is 12.3 Å². The van der Waals surface area contributed by atoms with E-state index in [4.69, 9.17) is 4.42 Å². The van der Waals surface area contributed by atoms with E-state index in [-0.39, 0.29) is 18.0 Å². The number of alkyl halides is 2. The standard InChI is InChI=1S/C22H17F3N8O2/c1-31-10-26-8-15(31)21-29-17(20(24)25)19(35-21)22(34)32-6-4-12-16(28-9-27-12)18(32)13-7-14-11(23)3-2-5-33(14)30-13/h2-3,5,7-10,18,20H,4,6H2,1H3,(H,27,28)/t18-/m1/s1. The van der Waals surface area contributed by atoms with Gasteiger partial charge in [0, 0.05) is 31.9 Å². The second kappa shape index (κ2) is 7.82. The highest BCUT2D eigenvalue weighted by Gasteiger charge is 2.40. The minimum atomic E-state index is -3.05. The van der Waals surface area contributed by atoms with Gasteiger partial charge in [-0.2, -0.15) is 5.10 Å². The van der Waals surface area contributed by atoms with Crippen molar-refractivity contribution in [1.82, 2.24) is 39.0 Å². The van der Waals surface area contributed by atoms with Crippen LogP contribution in [0.1, 0.15) is 45.8 Å². The first-order chi connectivity index (χ1) is 16.9. The molecule has 1 N–H and O–H groups in total. The third-order valence-corrected chi connectivity index (χ3v) is 6.03. The summed E-state index contributed by atoms with van der Waals surface area (Å²) in [4.78, 5) is 30.3. The number of halogens is 3. The molecule has 35 heavy (non-hydrogen) atoms. The molecule has 1 atom stereocenters. The molecule has 5 aromatic heterocycles. The van der Waals surface area contributed by atoms with E-state index in [9.17, 15) is 18.0 Å². The third kappa shape index (κ3) is 3.30. The van der Waals surface area contributed by atoms with Crippen molar-refractivity contribution in [3.8, 4) is 11.6 Å². The molecule has 0 fully saturated rings. The van der Waals surface area contributed by atoms with Crippen LogP contribution < -0.4 is 0 Å². The number of carbonyl (C=O) groups excluding carboxylic acids is 1. The largest absolute Gasteiger partial charge is 0.429 e. The number of pyridine rings is 1. The van der Waals surface area contributed by atoms with E-state index < -0.39 is 35.6 Å². The molecule has 1 amide bonds. The van der Waals surface area contributed by atoms with Crippen LogP contribution in [0, 0.1) is 5.82 Å². The summed E-state index contributed by atoms with van der Waals surface area (Å²) < 4.78 is 50.7. The molecule has 0 radical (unpaired) electrons. The Kier molecular flexibility index (Phi) is 4.72. The van der Waals surface area contributed by atoms with Crippen LogP contribution in [-0.2, 0) is 13.5 Å². The maximum atomic E-state index is 14.4. The van der Waals surface area contributed by atoms with E-state index in [1.165, 1.54) is 46.5 Å². The molecule has 1 aliphatic rings. The number of fused-ring (bicyclic) bond motifs is 2. The zero-order valence-electron chi connectivity index (χ0n) is 18.2. The molecule has 0 bridgehead atoms. The minimum absolute atomic E-state index is 0.146. The Morgan fingerprint density at radius 1 is 1.34 bits per heavy atom. The summed E-state index contributed by atoms with van der Waals surface area (Å²) in [6.45, 7) is 0.166. The van der Waals surface area contributed by atoms with Crippen LogP contribution in [0.25, 0.3) is 17.1 Å². The van der Waals surface area contributed by atoms with Gasteiger partial charge in [0.2, 0.25) is 11.7 Å². The number of aryl methyl sites for hydroxylation is 1. The number of nitrogens with one attached hydrogen (secondary N) is 1. The van der Waals surface area contributed by atoms with E-state index in [0.717, 1.165) is 5.69 Å². The van der Waals surface area contributed by atoms with Crippen LogP contribution >= 0.6 is 0 Å². The number of amides is 1. The van der Waals surface area contributed by atoms with Crippen molar-refractivity contribution in [2.45, 2.75) is 18.9 Å². The van der Waals surface area contributed by atoms with Gasteiger partial charge in [-0.25, -0.2) is 32.6 Å². The predicted molar refractivity (Wildman–Crippen MR) is 114 cm³/mol. The second-order valence-corrected chi connectivity index (χ2v) is 8.10. The molecular weight excluding hydrogens is 465 g/mol. The predicted octanol–water partition coefficient (Wildman–Crippen LogP) is 3.31. The zero-order chi connectivity index (χ0) is 24.3. The van der Waals surface area contributed by atoms with E-state index in [0.29, 0.717) is 23.5 Å². The van der Waals surface area contributed by atoms with E-state index in [1.807, 2.05) is 0 Å². The number of rotatable bonds is 4. The number of nitrogens with zero attached hydrogens (tertiary/aromatic N) is 7. The summed E-state index contributed by atoms with van der Waals surface area (Å²) >= 11 is 0. The molecule has 0 aromatic carbocycles. The Morgan fingerprint density at radius 3 is 2.94 bits per heavy atom. The number of imidazole rings is 2. The van der Waals surface area contributed by atoms with Crippen molar-refractivity contribution in [3.63, 3.8) is 0 Å². The fourth-order valence-corrected chi connectivity index (χ4v) is 4.36. The van der Waals surface area contributed by atoms with Gasteiger partial charge in [-0.3, -0.25) is 4.79 Å². The summed E-state index contributed by atoms with van der Waals surface area (Å²) in [7, 11) is 1.65. The maximum absolute atomic E-state index is 14.4. The molecule has 0 saturated heterocycles. The molecular formula is C22H17F3N8O2. The molecule has 6 rings (SSSR count). The molecule has 0 aliphatic carbocycles. The van der Waals surface area contributed by atoms with Crippen molar-refractivity contribution in [1.29, 1.82) is 0 Å². The quantitative estimate of drug-likeness (QED) is 0.421. The van der Waals surface area contributed by atoms with Crippen molar-refractivity contribution in [2.24, 2.45) is 7.05 Å². The van der Waals surface area contributed by atoms with Crippen molar-refractivity contribution in [3.05, 3.63) is 77.6 Å². The van der Waals surface area contributed by atoms with Gasteiger partial charge in [-0.1, -0.05) is 0 Å². The summed E-state index contributed by atoms with van der Waals surface area (Å²) in [5.41, 5.74) is 1.40. The average molecular weight is 482 g/mol. The van der Waals surface area contributed by atoms with Crippen LogP contribution in [0.2, 0.25) is 0 Å². The van der Waals surface area contributed by atoms with Crippen LogP contribution in [0.15, 0.2) is 47.7 Å². The van der Waals surface area contributed by atoms with Crippen molar-refractivity contribution in [2.75, 3.05) is 6.54 Å². The first-order valence-electron chi connectivity index (χ1n) is 10.6. The van der Waals surface area contributed by atoms with Gasteiger partial charge >= 0.3 is 0 Å². The number of hydrogen-bond acceptors (Lipinski definition) is 6. The summed E-state index contributed by atoms with van der Waals surface area (Å²) in [6.07, 6.45) is 3.29. The Hall–Kier alpha value is -4.42. The average Bonchev–Trinajstić information content (AvgIpc) is 3.62. The van der Waals surface area contributed by atoms with Gasteiger partial charge in [-0.15, -0.1) is 0 Å². The molecule has 6 heterocycles. The van der Waals surface area contributed by atoms with Crippen molar-refractivity contribution >= 4 is 11.4 Å². The lowest BCUT2D eigenvalue weighted by molar-refractivity contribution is 0.0640. The Morgan fingerprint density at radius 2 is 2.20 bits per heavy atom. The first kappa shape index (κ1) is 21.1. The maximum Gasteiger partial charge on any atom is 0.292 e. The highest BCUT2D eigenvalue weighted by atomic mass is 19.3. The number of oxazole rings is 1. The molecule has 1 aliphatic heterocycles. The van der Waals surface area contributed by atoms with Gasteiger partial charge in [0.1, 0.15) is 23.1 Å². The van der Waals surface area contributed by atoms with Crippen molar-refractivity contribution < 1.29 is 22.4 Å². The lowest BCUT2D eigenvalue weighted by Crippen LogP contribution is -2.41. The molecule has 0 unspecified atom stereocenters. The summed E-state index contributed by atoms with van der Waals surface area (Å²) in [5.74, 6) is -2.00. The van der Waals surface area contributed by atoms with E-state index in [1.54, 1.807) is 17.8 Å². The lowest BCUT2D eigenvalue weighted by atomic mass is 9.99. The highest BCUT2D eigenvalue weighted by molar-refractivity contribution is 5.93. The Labute approximate surface area is 195 Å². The van der Waals surface area contributed by atoms with Crippen LogP contribution in [0.5, 0.6) is 0 Å². The summed E-state index contributed by atoms with van der Waals surface area (Å²) in [5, 5.41) is 4.44. The van der Waals surface area contributed by atoms with Gasteiger partial charge in [0.05, 0.1) is 30.2 Å². The normalized spacial score (nSPS) is 15.8. The second-order valence-electron chi connectivity index (χ2n) is 8.10. The first-order valence-corrected chi connectivity index (χ1v) is 10.6. The number of carbonyl (C=O) groups is 1. The highest BCUT2D eigenvalue weighted by Crippen LogP contribution is 2.36. The molecule has 13 heteroatoms. The molecule has 5 aromatic rings. The lowest BCUT2D eigenvalue weighted by Gasteiger charge is -2.33. The van der Waals surface area contributed by atoms with Gasteiger partial charge in [-0.05, 0) is 18.2 Å². The fraction of sp³-hybridized carbons (Fsp3) is 0.227. The minimum Gasteiger partial charge on any atom is -0.429 e. The monoisotopic (exact) mass is 482 g/mol. The van der Waals surface area contributed by atoms with Crippen LogP contribution in [0.3, 0.4) is 0 Å². The number of H-pyrrole nitrogens is 1. The molecule has 178 valence electrons. The number of aromatic amines is 1. The molecule has 0 spiro atoms. The third-order valence-electron chi connectivity index (χ3n) is 6.03. The smallest absolute Gasteiger partial charge is 0.292 e. The van der Waals surface area contributed by atoms with E-state index >= 15 is 0 Å². The molecule has 10 nitrogen and oxygen atoms in total. The molecule has 0 saturated carbocycles. The number of aromatic nitrogens is 7. The Balaban J connectivity index is 1.47. The summed E-state index contributed by atoms with van der Waals surface area (Å²) in [6, 6.07) is 3.47. The van der Waals surface area contributed by atoms with E-state index in [2.05, 4.69) is 25.0 Å². The SMILES string of the molecule is Cn1cncc1-c1nc(C(F)F)c(C(=O)N2CCc3[nH]cnc3[C@H]2c2cc3c(F)cccn3n2)o1. The zero-order valence-corrected chi connectivity index (χ0v) is 18.2. The Bertz CT molecular complexity index is 1570. The van der Waals surface area contributed by atoms with Crippen LogP contribution in [0.4, 0.5) is 13.2 Å². The fourth-order valence-electron chi connectivity index (χ4n) is 4.36. The number of hydrogen-bond donors (Lipinski definition) is 1. The topological polar surface area (TPSA) is 110 Å². The van der Waals surface area contributed by atoms with Gasteiger partial charge in [0.15, 0.2) is 5.69 Å². The van der Waals surface area contributed by atoms with Gasteiger partial charge < -0.3 is 18.9 Å².